The molecule has 0 bridgehead atoms. The Kier molecular flexibility index (Phi) is 6.67. The van der Waals surface area contributed by atoms with E-state index in [4.69, 9.17) is 9.47 Å². The van der Waals surface area contributed by atoms with Gasteiger partial charge in [-0.3, -0.25) is 14.5 Å². The number of nitrogens with one attached hydrogen (secondary N) is 1. The summed E-state index contributed by atoms with van der Waals surface area (Å²) in [7, 11) is 0. The second-order valence-electron chi connectivity index (χ2n) is 8.67. The number of hydrogen-bond donors (Lipinski definition) is 1. The van der Waals surface area contributed by atoms with E-state index < -0.39 is 5.54 Å². The molecule has 2 aliphatic heterocycles. The molecule has 2 heterocycles. The lowest BCUT2D eigenvalue weighted by atomic mass is 9.87. The molecule has 7 nitrogen and oxygen atoms in total. The zero-order chi connectivity index (χ0) is 21.9. The molecule has 3 rings (SSSR count). The Bertz CT molecular complexity index is 839. The van der Waals surface area contributed by atoms with Crippen LogP contribution in [0.2, 0.25) is 0 Å². The van der Waals surface area contributed by atoms with E-state index in [-0.39, 0.29) is 29.6 Å². The van der Waals surface area contributed by atoms with Gasteiger partial charge in [-0.2, -0.15) is 5.26 Å². The van der Waals surface area contributed by atoms with Crippen molar-refractivity contribution in [3.8, 4) is 17.6 Å². The molecule has 1 aromatic rings. The summed E-state index contributed by atoms with van der Waals surface area (Å²) in [6.07, 6.45) is 1.40. The fourth-order valence-electron chi connectivity index (χ4n) is 3.81. The van der Waals surface area contributed by atoms with Crippen LogP contribution in [0.25, 0.3) is 0 Å². The highest BCUT2D eigenvalue weighted by Crippen LogP contribution is 2.32. The minimum absolute atomic E-state index is 0.00741. The Morgan fingerprint density at radius 3 is 2.40 bits per heavy atom. The molecule has 1 aromatic carbocycles. The van der Waals surface area contributed by atoms with E-state index in [2.05, 4.69) is 16.3 Å². The Morgan fingerprint density at radius 1 is 1.17 bits per heavy atom. The third-order valence-electron chi connectivity index (χ3n) is 6.42. The molecule has 0 radical (unpaired) electrons. The van der Waals surface area contributed by atoms with E-state index in [1.165, 1.54) is 0 Å². The van der Waals surface area contributed by atoms with Crippen LogP contribution in [0.1, 0.15) is 50.9 Å². The molecule has 162 valence electrons. The highest BCUT2D eigenvalue weighted by molar-refractivity contribution is 5.98. The molecule has 1 N–H and O–H groups in total. The van der Waals surface area contributed by atoms with Crippen LogP contribution in [0, 0.1) is 23.2 Å². The lowest BCUT2D eigenvalue weighted by molar-refractivity contribution is -0.128. The van der Waals surface area contributed by atoms with Gasteiger partial charge < -0.3 is 14.8 Å². The first-order chi connectivity index (χ1) is 14.2. The maximum absolute atomic E-state index is 13.0. The van der Waals surface area contributed by atoms with E-state index >= 15 is 0 Å². The van der Waals surface area contributed by atoms with Crippen LogP contribution < -0.4 is 14.8 Å². The summed E-state index contributed by atoms with van der Waals surface area (Å²) in [6, 6.07) is 7.23. The van der Waals surface area contributed by atoms with Gasteiger partial charge in [0.15, 0.2) is 17.3 Å². The number of nitrogens with zero attached hydrogens (tertiary/aromatic N) is 2. The molecule has 1 amide bonds. The number of benzene rings is 1. The van der Waals surface area contributed by atoms with Crippen LogP contribution in [-0.2, 0) is 4.79 Å². The van der Waals surface area contributed by atoms with Crippen LogP contribution in [0.4, 0.5) is 0 Å². The quantitative estimate of drug-likeness (QED) is 0.721. The second kappa shape index (κ2) is 9.05. The van der Waals surface area contributed by atoms with Gasteiger partial charge in [-0.25, -0.2) is 0 Å². The molecule has 2 atom stereocenters. The maximum Gasteiger partial charge on any atom is 0.238 e. The number of fused-ring (bicyclic) bond motifs is 1. The number of rotatable bonds is 6. The van der Waals surface area contributed by atoms with Gasteiger partial charge in [-0.05, 0) is 63.9 Å². The number of ether oxygens (including phenoxy) is 2. The molecule has 0 aliphatic carbocycles. The zero-order valence-corrected chi connectivity index (χ0v) is 18.2. The lowest BCUT2D eigenvalue weighted by Gasteiger charge is -2.36. The van der Waals surface area contributed by atoms with E-state index in [0.717, 1.165) is 0 Å². The maximum atomic E-state index is 13.0. The minimum Gasteiger partial charge on any atom is -0.486 e. The molecule has 0 saturated carbocycles. The Labute approximate surface area is 178 Å². The van der Waals surface area contributed by atoms with Gasteiger partial charge in [-0.1, -0.05) is 13.8 Å². The standard InChI is InChI=1S/C23H31N3O4/c1-15(2)23(4,14-24)25-22(28)16(3)26-9-7-17(8-10-26)21(27)18-5-6-19-20(13-18)30-12-11-29-19/h5-6,13,15-17H,7-12H2,1-4H3,(H,25,28)/t16-,23-/m1/s1. The smallest absolute Gasteiger partial charge is 0.238 e. The van der Waals surface area contributed by atoms with Gasteiger partial charge in [0.25, 0.3) is 0 Å². The van der Waals surface area contributed by atoms with Crippen molar-refractivity contribution in [3.05, 3.63) is 23.8 Å². The number of ketones is 1. The summed E-state index contributed by atoms with van der Waals surface area (Å²) in [6.45, 7) is 9.80. The van der Waals surface area contributed by atoms with Crippen LogP contribution in [0.5, 0.6) is 11.5 Å². The summed E-state index contributed by atoms with van der Waals surface area (Å²) >= 11 is 0. The average Bonchev–Trinajstić information content (AvgIpc) is 2.77. The number of amides is 1. The number of nitriles is 1. The molecule has 7 heteroatoms. The zero-order valence-electron chi connectivity index (χ0n) is 18.2. The SMILES string of the molecule is CC(C)[C@@](C)(C#N)NC(=O)[C@@H](C)N1CCC(C(=O)c2ccc3c(c2)OCCO3)CC1. The summed E-state index contributed by atoms with van der Waals surface area (Å²) in [5.41, 5.74) is -0.247. The van der Waals surface area contributed by atoms with E-state index in [0.29, 0.717) is 56.2 Å². The molecular formula is C23H31N3O4. The van der Waals surface area contributed by atoms with Crippen molar-refractivity contribution in [1.29, 1.82) is 5.26 Å². The summed E-state index contributed by atoms with van der Waals surface area (Å²) in [5, 5.41) is 12.3. The van der Waals surface area contributed by atoms with E-state index in [1.54, 1.807) is 25.1 Å². The third kappa shape index (κ3) is 4.59. The first kappa shape index (κ1) is 22.1. The van der Waals surface area contributed by atoms with Crippen molar-refractivity contribution in [2.75, 3.05) is 26.3 Å². The Hall–Kier alpha value is -2.59. The first-order valence-corrected chi connectivity index (χ1v) is 10.7. The number of hydrogen-bond acceptors (Lipinski definition) is 6. The lowest BCUT2D eigenvalue weighted by Crippen LogP contribution is -2.56. The molecule has 30 heavy (non-hydrogen) atoms. The van der Waals surface area contributed by atoms with Crippen molar-refractivity contribution < 1.29 is 19.1 Å². The molecule has 0 aromatic heterocycles. The largest absolute Gasteiger partial charge is 0.486 e. The van der Waals surface area contributed by atoms with Crippen molar-refractivity contribution in [1.82, 2.24) is 10.2 Å². The second-order valence-corrected chi connectivity index (χ2v) is 8.67. The van der Waals surface area contributed by atoms with Crippen molar-refractivity contribution in [2.24, 2.45) is 11.8 Å². The number of likely N-dealkylation sites (tertiary alicyclic amines) is 1. The molecule has 0 spiro atoms. The predicted molar refractivity (Wildman–Crippen MR) is 113 cm³/mol. The highest BCUT2D eigenvalue weighted by Gasteiger charge is 2.35. The first-order valence-electron chi connectivity index (χ1n) is 10.7. The van der Waals surface area contributed by atoms with Gasteiger partial charge in [0.1, 0.15) is 18.8 Å². The summed E-state index contributed by atoms with van der Waals surface area (Å²) in [4.78, 5) is 27.7. The van der Waals surface area contributed by atoms with E-state index in [9.17, 15) is 14.9 Å². The Balaban J connectivity index is 1.57. The third-order valence-corrected chi connectivity index (χ3v) is 6.42. The molecule has 1 fully saturated rings. The fraction of sp³-hybridized carbons (Fsp3) is 0.609. The summed E-state index contributed by atoms with van der Waals surface area (Å²) in [5.74, 6) is 1.20. The normalized spacial score (nSPS) is 20.1. The van der Waals surface area contributed by atoms with Gasteiger partial charge in [-0.15, -0.1) is 0 Å². The van der Waals surface area contributed by atoms with Gasteiger partial charge in [0.2, 0.25) is 5.91 Å². The fourth-order valence-corrected chi connectivity index (χ4v) is 3.81. The topological polar surface area (TPSA) is 91.7 Å². The average molecular weight is 414 g/mol. The molecule has 0 unspecified atom stereocenters. The predicted octanol–water partition coefficient (Wildman–Crippen LogP) is 2.80. The number of carbonyl (C=O) groups excluding carboxylic acids is 2. The van der Waals surface area contributed by atoms with Crippen LogP contribution in [-0.4, -0.2) is 54.5 Å². The number of Topliss-reactive ketones (excluding diaryl/α,β-unsaturated/α-hetero) is 1. The van der Waals surface area contributed by atoms with Crippen LogP contribution >= 0.6 is 0 Å². The van der Waals surface area contributed by atoms with Crippen LogP contribution in [0.15, 0.2) is 18.2 Å². The van der Waals surface area contributed by atoms with Gasteiger partial charge >= 0.3 is 0 Å². The minimum atomic E-state index is -0.891. The monoisotopic (exact) mass is 413 g/mol. The molecule has 1 saturated heterocycles. The summed E-state index contributed by atoms with van der Waals surface area (Å²) < 4.78 is 11.1. The number of carbonyl (C=O) groups is 2. The Morgan fingerprint density at radius 2 is 1.80 bits per heavy atom. The van der Waals surface area contributed by atoms with E-state index in [1.807, 2.05) is 20.8 Å². The highest BCUT2D eigenvalue weighted by atomic mass is 16.6. The van der Waals surface area contributed by atoms with Crippen molar-refractivity contribution in [2.45, 2.75) is 52.1 Å². The number of piperidine rings is 1. The molecular weight excluding hydrogens is 382 g/mol. The molecule has 2 aliphatic rings. The van der Waals surface area contributed by atoms with Gasteiger partial charge in [0, 0.05) is 11.5 Å². The van der Waals surface area contributed by atoms with Crippen molar-refractivity contribution >= 4 is 11.7 Å². The van der Waals surface area contributed by atoms with Crippen molar-refractivity contribution in [3.63, 3.8) is 0 Å². The van der Waals surface area contributed by atoms with Crippen LogP contribution in [0.3, 0.4) is 0 Å². The van der Waals surface area contributed by atoms with Gasteiger partial charge in [0.05, 0.1) is 12.1 Å².